The molecule has 0 radical (unpaired) electrons. The number of rotatable bonds is 7. The number of likely N-dealkylation sites (N-methyl/N-ethyl adjacent to an activating group) is 1. The molecule has 2 rings (SSSR count). The second-order valence-electron chi connectivity index (χ2n) is 4.75. The highest BCUT2D eigenvalue weighted by Crippen LogP contribution is 2.11. The lowest BCUT2D eigenvalue weighted by Crippen LogP contribution is -2.31. The van der Waals surface area contributed by atoms with Gasteiger partial charge in [0.1, 0.15) is 0 Å². The Kier molecular flexibility index (Phi) is 5.45. The molecule has 0 saturated carbocycles. The zero-order valence-corrected chi connectivity index (χ0v) is 11.3. The molecule has 1 aromatic heterocycles. The van der Waals surface area contributed by atoms with Gasteiger partial charge in [0.15, 0.2) is 0 Å². The van der Waals surface area contributed by atoms with E-state index in [2.05, 4.69) is 34.8 Å². The van der Waals surface area contributed by atoms with Crippen LogP contribution >= 0.6 is 11.3 Å². The van der Waals surface area contributed by atoms with Gasteiger partial charge >= 0.3 is 0 Å². The quantitative estimate of drug-likeness (QED) is 0.751. The van der Waals surface area contributed by atoms with Gasteiger partial charge < -0.3 is 15.0 Å². The molecule has 1 unspecified atom stereocenters. The van der Waals surface area contributed by atoms with Crippen molar-refractivity contribution >= 4 is 11.3 Å². The van der Waals surface area contributed by atoms with Crippen LogP contribution in [0.1, 0.15) is 11.3 Å². The average Bonchev–Trinajstić information content (AvgIpc) is 2.96. The lowest BCUT2D eigenvalue weighted by molar-refractivity contribution is 0.185. The van der Waals surface area contributed by atoms with Crippen molar-refractivity contribution in [3.8, 4) is 0 Å². The Morgan fingerprint density at radius 3 is 3.24 bits per heavy atom. The zero-order valence-electron chi connectivity index (χ0n) is 10.5. The van der Waals surface area contributed by atoms with E-state index >= 15 is 0 Å². The Bertz CT molecular complexity index is 296. The van der Waals surface area contributed by atoms with Crippen LogP contribution in [0.4, 0.5) is 0 Å². The molecule has 4 heteroatoms. The van der Waals surface area contributed by atoms with Gasteiger partial charge in [-0.1, -0.05) is 6.07 Å². The van der Waals surface area contributed by atoms with Crippen LogP contribution < -0.4 is 5.32 Å². The summed E-state index contributed by atoms with van der Waals surface area (Å²) in [4.78, 5) is 3.81. The maximum absolute atomic E-state index is 5.36. The summed E-state index contributed by atoms with van der Waals surface area (Å²) < 4.78 is 5.36. The second-order valence-corrected chi connectivity index (χ2v) is 5.78. The van der Waals surface area contributed by atoms with Crippen molar-refractivity contribution in [1.29, 1.82) is 0 Å². The summed E-state index contributed by atoms with van der Waals surface area (Å²) in [6.07, 6.45) is 1.22. The van der Waals surface area contributed by atoms with Gasteiger partial charge in [-0.05, 0) is 30.8 Å². The van der Waals surface area contributed by atoms with Crippen LogP contribution in [0.3, 0.4) is 0 Å². The third kappa shape index (κ3) is 4.76. The molecule has 1 aliphatic rings. The highest BCUT2D eigenvalue weighted by Gasteiger charge is 2.14. The SMILES string of the molecule is CN(CCNCC1CCOC1)Cc1cccs1. The molecule has 17 heavy (non-hydrogen) atoms. The number of nitrogens with one attached hydrogen (secondary N) is 1. The Labute approximate surface area is 108 Å². The molecule has 3 nitrogen and oxygen atoms in total. The van der Waals surface area contributed by atoms with Crippen molar-refractivity contribution in [3.63, 3.8) is 0 Å². The van der Waals surface area contributed by atoms with E-state index in [1.54, 1.807) is 0 Å². The molecule has 0 bridgehead atoms. The Morgan fingerprint density at radius 1 is 1.59 bits per heavy atom. The molecule has 96 valence electrons. The molecule has 0 aliphatic carbocycles. The first kappa shape index (κ1) is 13.0. The fraction of sp³-hybridized carbons (Fsp3) is 0.692. The number of hydrogen-bond acceptors (Lipinski definition) is 4. The monoisotopic (exact) mass is 254 g/mol. The topological polar surface area (TPSA) is 24.5 Å². The Balaban J connectivity index is 1.52. The third-order valence-corrected chi connectivity index (χ3v) is 3.99. The lowest BCUT2D eigenvalue weighted by atomic mass is 10.1. The summed E-state index contributed by atoms with van der Waals surface area (Å²) in [6, 6.07) is 4.32. The third-order valence-electron chi connectivity index (χ3n) is 3.13. The predicted molar refractivity (Wildman–Crippen MR) is 72.4 cm³/mol. The molecular formula is C13H22N2OS. The molecule has 1 N–H and O–H groups in total. The summed E-state index contributed by atoms with van der Waals surface area (Å²) in [6.45, 7) is 6.23. The number of ether oxygens (including phenoxy) is 1. The second kappa shape index (κ2) is 7.11. The van der Waals surface area contributed by atoms with Crippen molar-refractivity contribution in [3.05, 3.63) is 22.4 Å². The first-order chi connectivity index (χ1) is 8.34. The minimum Gasteiger partial charge on any atom is -0.381 e. The fourth-order valence-corrected chi connectivity index (χ4v) is 2.85. The first-order valence-corrected chi connectivity index (χ1v) is 7.22. The number of nitrogens with zero attached hydrogens (tertiary/aromatic N) is 1. The van der Waals surface area contributed by atoms with Crippen LogP contribution in [0, 0.1) is 5.92 Å². The van der Waals surface area contributed by atoms with Gasteiger partial charge in [-0.15, -0.1) is 11.3 Å². The van der Waals surface area contributed by atoms with E-state index in [0.717, 1.165) is 45.3 Å². The van der Waals surface area contributed by atoms with E-state index < -0.39 is 0 Å². The molecule has 0 aromatic carbocycles. The van der Waals surface area contributed by atoms with Crippen molar-refractivity contribution in [2.75, 3.05) is 39.9 Å². The van der Waals surface area contributed by atoms with Crippen LogP contribution in [0.5, 0.6) is 0 Å². The van der Waals surface area contributed by atoms with Crippen LogP contribution in [0.25, 0.3) is 0 Å². The van der Waals surface area contributed by atoms with Gasteiger partial charge in [0.25, 0.3) is 0 Å². The van der Waals surface area contributed by atoms with E-state index in [0.29, 0.717) is 0 Å². The Morgan fingerprint density at radius 2 is 2.53 bits per heavy atom. The highest BCUT2D eigenvalue weighted by atomic mass is 32.1. The summed E-state index contributed by atoms with van der Waals surface area (Å²) in [5, 5.41) is 5.66. The van der Waals surface area contributed by atoms with E-state index in [4.69, 9.17) is 4.74 Å². The van der Waals surface area contributed by atoms with Crippen LogP contribution in [-0.4, -0.2) is 44.8 Å². The van der Waals surface area contributed by atoms with Crippen molar-refractivity contribution in [2.45, 2.75) is 13.0 Å². The average molecular weight is 254 g/mol. The summed E-state index contributed by atoms with van der Waals surface area (Å²) in [7, 11) is 2.18. The number of hydrogen-bond donors (Lipinski definition) is 1. The summed E-state index contributed by atoms with van der Waals surface area (Å²) in [5.41, 5.74) is 0. The van der Waals surface area contributed by atoms with E-state index in [9.17, 15) is 0 Å². The van der Waals surface area contributed by atoms with E-state index in [-0.39, 0.29) is 0 Å². The van der Waals surface area contributed by atoms with Gasteiger partial charge in [0.05, 0.1) is 6.61 Å². The molecule has 1 saturated heterocycles. The van der Waals surface area contributed by atoms with Gasteiger partial charge in [-0.25, -0.2) is 0 Å². The molecule has 1 aromatic rings. The largest absolute Gasteiger partial charge is 0.381 e. The smallest absolute Gasteiger partial charge is 0.0507 e. The molecule has 1 atom stereocenters. The molecule has 1 aliphatic heterocycles. The molecule has 0 spiro atoms. The lowest BCUT2D eigenvalue weighted by Gasteiger charge is -2.16. The Hall–Kier alpha value is -0.420. The standard InChI is InChI=1S/C13H22N2OS/c1-15(10-13-3-2-8-17-13)6-5-14-9-12-4-7-16-11-12/h2-3,8,12,14H,4-7,9-11H2,1H3. The van der Waals surface area contributed by atoms with Gasteiger partial charge in [0, 0.05) is 37.7 Å². The summed E-state index contributed by atoms with van der Waals surface area (Å²) in [5.74, 6) is 0.734. The first-order valence-electron chi connectivity index (χ1n) is 6.34. The zero-order chi connectivity index (χ0) is 11.9. The van der Waals surface area contributed by atoms with Crippen LogP contribution in [-0.2, 0) is 11.3 Å². The minimum absolute atomic E-state index is 0.734. The molecule has 1 fully saturated rings. The van der Waals surface area contributed by atoms with Gasteiger partial charge in [-0.2, -0.15) is 0 Å². The maximum Gasteiger partial charge on any atom is 0.0507 e. The van der Waals surface area contributed by atoms with E-state index in [1.165, 1.54) is 11.3 Å². The maximum atomic E-state index is 5.36. The van der Waals surface area contributed by atoms with Crippen molar-refractivity contribution in [1.82, 2.24) is 10.2 Å². The molecule has 2 heterocycles. The van der Waals surface area contributed by atoms with Gasteiger partial charge in [0.2, 0.25) is 0 Å². The van der Waals surface area contributed by atoms with E-state index in [1.807, 2.05) is 11.3 Å². The highest BCUT2D eigenvalue weighted by molar-refractivity contribution is 7.09. The van der Waals surface area contributed by atoms with Crippen molar-refractivity contribution < 1.29 is 4.74 Å². The fourth-order valence-electron chi connectivity index (χ4n) is 2.07. The van der Waals surface area contributed by atoms with Gasteiger partial charge in [-0.3, -0.25) is 0 Å². The summed E-state index contributed by atoms with van der Waals surface area (Å²) >= 11 is 1.83. The van der Waals surface area contributed by atoms with Crippen LogP contribution in [0.15, 0.2) is 17.5 Å². The van der Waals surface area contributed by atoms with Crippen molar-refractivity contribution in [2.24, 2.45) is 5.92 Å². The molecular weight excluding hydrogens is 232 g/mol. The normalized spacial score (nSPS) is 20.2. The molecule has 0 amide bonds. The minimum atomic E-state index is 0.734. The van der Waals surface area contributed by atoms with Crippen LogP contribution in [0.2, 0.25) is 0 Å². The predicted octanol–water partition coefficient (Wildman–Crippen LogP) is 1.81. The number of thiophene rings is 1.